The van der Waals surface area contributed by atoms with Gasteiger partial charge in [0.25, 0.3) is 10.1 Å². The molecule has 0 amide bonds. The van der Waals surface area contributed by atoms with E-state index in [0.717, 1.165) is 42.8 Å². The first-order chi connectivity index (χ1) is 13.6. The Hall–Kier alpha value is 0.0100. The highest BCUT2D eigenvalue weighted by Gasteiger charge is 2.26. The van der Waals surface area contributed by atoms with E-state index in [4.69, 9.17) is 4.74 Å². The standard InChI is InChI=1S/C20H19I3O5S/c1-11-7-18(29(25,26)27)14(12-5-3-2-4-6-12)10-17(11)28-20(24)15-8-13(21)9-16(22)19(15)23/h7-10,12H,2-6H2,1H3,(H,25,26,27). The van der Waals surface area contributed by atoms with Gasteiger partial charge < -0.3 is 4.74 Å². The molecule has 2 aromatic carbocycles. The zero-order valence-corrected chi connectivity index (χ0v) is 22.8. The highest BCUT2D eigenvalue weighted by molar-refractivity contribution is 14.1. The van der Waals surface area contributed by atoms with Crippen molar-refractivity contribution in [1.29, 1.82) is 0 Å². The third-order valence-corrected chi connectivity index (χ3v) is 9.62. The first-order valence-corrected chi connectivity index (χ1v) is 13.7. The van der Waals surface area contributed by atoms with E-state index >= 15 is 0 Å². The Labute approximate surface area is 211 Å². The molecule has 0 saturated heterocycles. The van der Waals surface area contributed by atoms with Crippen LogP contribution in [0.4, 0.5) is 0 Å². The second-order valence-corrected chi connectivity index (χ2v) is 12.0. The van der Waals surface area contributed by atoms with Crippen molar-refractivity contribution >= 4 is 83.9 Å². The number of aryl methyl sites for hydroxylation is 1. The average Bonchev–Trinajstić information content (AvgIpc) is 2.65. The molecule has 0 aliphatic heterocycles. The molecule has 9 heteroatoms. The third-order valence-electron chi connectivity index (χ3n) is 5.05. The molecule has 1 saturated carbocycles. The van der Waals surface area contributed by atoms with Gasteiger partial charge in [-0.2, -0.15) is 8.42 Å². The average molecular weight is 752 g/mol. The van der Waals surface area contributed by atoms with Gasteiger partial charge in [0.05, 0.1) is 10.5 Å². The van der Waals surface area contributed by atoms with E-state index in [1.807, 2.05) is 6.07 Å². The SMILES string of the molecule is Cc1cc(S(=O)(=O)O)c(C2CCCCC2)cc1OC(=O)c1cc(I)cc(I)c1I. The van der Waals surface area contributed by atoms with Crippen LogP contribution in [0.5, 0.6) is 5.75 Å². The summed E-state index contributed by atoms with van der Waals surface area (Å²) in [5.74, 6) is -0.131. The lowest BCUT2D eigenvalue weighted by Crippen LogP contribution is -2.15. The molecule has 1 N–H and O–H groups in total. The summed E-state index contributed by atoms with van der Waals surface area (Å²) in [6.45, 7) is 1.67. The van der Waals surface area contributed by atoms with Crippen LogP contribution in [-0.2, 0) is 10.1 Å². The Kier molecular flexibility index (Phi) is 7.88. The number of carbonyl (C=O) groups is 1. The van der Waals surface area contributed by atoms with Crippen molar-refractivity contribution in [3.63, 3.8) is 0 Å². The maximum absolute atomic E-state index is 12.9. The predicted molar refractivity (Wildman–Crippen MR) is 136 cm³/mol. The molecule has 5 nitrogen and oxygen atoms in total. The van der Waals surface area contributed by atoms with Gasteiger partial charge >= 0.3 is 5.97 Å². The second kappa shape index (κ2) is 9.65. The van der Waals surface area contributed by atoms with Gasteiger partial charge in [0.2, 0.25) is 0 Å². The Morgan fingerprint density at radius 3 is 2.34 bits per heavy atom. The first-order valence-electron chi connectivity index (χ1n) is 9.06. The molecule has 0 unspecified atom stereocenters. The maximum Gasteiger partial charge on any atom is 0.344 e. The van der Waals surface area contributed by atoms with Crippen LogP contribution >= 0.6 is 67.8 Å². The maximum atomic E-state index is 12.9. The minimum absolute atomic E-state index is 0.0254. The molecule has 1 aliphatic carbocycles. The van der Waals surface area contributed by atoms with E-state index in [0.29, 0.717) is 22.4 Å². The van der Waals surface area contributed by atoms with E-state index in [9.17, 15) is 17.8 Å². The topological polar surface area (TPSA) is 80.7 Å². The van der Waals surface area contributed by atoms with E-state index in [-0.39, 0.29) is 10.8 Å². The molecule has 156 valence electrons. The highest BCUT2D eigenvalue weighted by atomic mass is 127. The Morgan fingerprint density at radius 1 is 1.07 bits per heavy atom. The number of hydrogen-bond donors (Lipinski definition) is 1. The van der Waals surface area contributed by atoms with E-state index in [2.05, 4.69) is 67.8 Å². The molecule has 0 spiro atoms. The summed E-state index contributed by atoms with van der Waals surface area (Å²) in [7, 11) is -4.36. The van der Waals surface area contributed by atoms with Crippen molar-refractivity contribution in [2.75, 3.05) is 0 Å². The number of esters is 1. The quantitative estimate of drug-likeness (QED) is 0.130. The Bertz CT molecular complexity index is 1060. The molecule has 0 bridgehead atoms. The molecular weight excluding hydrogens is 733 g/mol. The third kappa shape index (κ3) is 5.63. The lowest BCUT2D eigenvalue weighted by atomic mass is 9.83. The van der Waals surface area contributed by atoms with Gasteiger partial charge in [0.1, 0.15) is 5.75 Å². The minimum Gasteiger partial charge on any atom is -0.423 e. The largest absolute Gasteiger partial charge is 0.423 e. The summed E-state index contributed by atoms with van der Waals surface area (Å²) in [5, 5.41) is 0. The van der Waals surface area contributed by atoms with E-state index in [1.165, 1.54) is 6.07 Å². The van der Waals surface area contributed by atoms with Crippen molar-refractivity contribution in [3.05, 3.63) is 51.7 Å². The molecular formula is C20H19I3O5S. The summed E-state index contributed by atoms with van der Waals surface area (Å²) in [5.41, 5.74) is 1.49. The fourth-order valence-electron chi connectivity index (χ4n) is 3.60. The van der Waals surface area contributed by atoms with Gasteiger partial charge in [-0.3, -0.25) is 4.55 Å². The predicted octanol–water partition coefficient (Wildman–Crippen LogP) is 6.32. The van der Waals surface area contributed by atoms with Crippen LogP contribution in [0.2, 0.25) is 0 Å². The van der Waals surface area contributed by atoms with Crippen LogP contribution < -0.4 is 4.74 Å². The molecule has 0 aromatic heterocycles. The number of hydrogen-bond acceptors (Lipinski definition) is 4. The second-order valence-electron chi connectivity index (χ2n) is 7.10. The van der Waals surface area contributed by atoms with Crippen LogP contribution in [0.1, 0.15) is 59.5 Å². The summed E-state index contributed by atoms with van der Waals surface area (Å²) < 4.78 is 42.1. The Morgan fingerprint density at radius 2 is 1.72 bits per heavy atom. The molecule has 1 fully saturated rings. The number of halogens is 3. The zero-order valence-electron chi connectivity index (χ0n) is 15.5. The van der Waals surface area contributed by atoms with Gasteiger partial charge in [0, 0.05) is 10.7 Å². The minimum atomic E-state index is -4.36. The number of carbonyl (C=O) groups excluding carboxylic acids is 1. The van der Waals surface area contributed by atoms with Crippen molar-refractivity contribution in [3.8, 4) is 5.75 Å². The molecule has 0 heterocycles. The highest BCUT2D eigenvalue weighted by Crippen LogP contribution is 2.39. The van der Waals surface area contributed by atoms with Crippen molar-refractivity contribution < 1.29 is 22.5 Å². The van der Waals surface area contributed by atoms with Crippen LogP contribution in [0.3, 0.4) is 0 Å². The van der Waals surface area contributed by atoms with Crippen LogP contribution in [-0.4, -0.2) is 18.9 Å². The normalized spacial score (nSPS) is 15.3. The number of ether oxygens (including phenoxy) is 1. The van der Waals surface area contributed by atoms with Gasteiger partial charge in [0.15, 0.2) is 0 Å². The summed E-state index contributed by atoms with van der Waals surface area (Å²) in [6.07, 6.45) is 4.85. The molecule has 1 aliphatic rings. The summed E-state index contributed by atoms with van der Waals surface area (Å²) >= 11 is 6.46. The van der Waals surface area contributed by atoms with Crippen molar-refractivity contribution in [1.82, 2.24) is 0 Å². The molecule has 0 radical (unpaired) electrons. The van der Waals surface area contributed by atoms with E-state index in [1.54, 1.807) is 19.1 Å². The van der Waals surface area contributed by atoms with Gasteiger partial charge in [-0.1, -0.05) is 19.3 Å². The lowest BCUT2D eigenvalue weighted by Gasteiger charge is -2.24. The molecule has 2 aromatic rings. The van der Waals surface area contributed by atoms with Gasteiger partial charge in [-0.15, -0.1) is 0 Å². The van der Waals surface area contributed by atoms with Crippen molar-refractivity contribution in [2.45, 2.75) is 49.8 Å². The van der Waals surface area contributed by atoms with Crippen LogP contribution in [0, 0.1) is 17.6 Å². The first kappa shape index (κ1) is 23.7. The molecule has 3 rings (SSSR count). The fourth-order valence-corrected chi connectivity index (χ4v) is 6.83. The molecule has 0 atom stereocenters. The monoisotopic (exact) mass is 752 g/mol. The van der Waals surface area contributed by atoms with Gasteiger partial charge in [-0.25, -0.2) is 4.79 Å². The summed E-state index contributed by atoms with van der Waals surface area (Å²) in [6, 6.07) is 6.78. The van der Waals surface area contributed by atoms with Crippen LogP contribution in [0.25, 0.3) is 0 Å². The van der Waals surface area contributed by atoms with Crippen LogP contribution in [0.15, 0.2) is 29.2 Å². The zero-order chi connectivity index (χ0) is 21.3. The fraction of sp³-hybridized carbons (Fsp3) is 0.350. The lowest BCUT2D eigenvalue weighted by molar-refractivity contribution is 0.0732. The number of benzene rings is 2. The van der Waals surface area contributed by atoms with Gasteiger partial charge in [-0.05, 0) is 129 Å². The Balaban J connectivity index is 2.03. The number of rotatable bonds is 4. The summed E-state index contributed by atoms with van der Waals surface area (Å²) in [4.78, 5) is 12.8. The smallest absolute Gasteiger partial charge is 0.344 e. The van der Waals surface area contributed by atoms with E-state index < -0.39 is 16.1 Å². The molecule has 29 heavy (non-hydrogen) atoms. The van der Waals surface area contributed by atoms with Crippen molar-refractivity contribution in [2.24, 2.45) is 0 Å².